The quantitative estimate of drug-likeness (QED) is 0.575. The zero-order valence-electron chi connectivity index (χ0n) is 14.0. The van der Waals surface area contributed by atoms with Gasteiger partial charge in [0.25, 0.3) is 0 Å². The molecule has 0 atom stereocenters. The average Bonchev–Trinajstić information content (AvgIpc) is 3.05. The van der Waals surface area contributed by atoms with Gasteiger partial charge in [-0.05, 0) is 32.0 Å². The zero-order chi connectivity index (χ0) is 17.8. The number of nitrogens with zero attached hydrogens (tertiary/aromatic N) is 2. The molecule has 0 aliphatic rings. The Kier molecular flexibility index (Phi) is 5.34. The molecule has 0 amide bonds. The minimum atomic E-state index is -0.563. The summed E-state index contributed by atoms with van der Waals surface area (Å²) in [6, 6.07) is 9.07. The highest BCUT2D eigenvalue weighted by Crippen LogP contribution is 2.36. The zero-order valence-corrected chi connectivity index (χ0v) is 14.7. The van der Waals surface area contributed by atoms with Crippen LogP contribution in [0.25, 0.3) is 22.1 Å². The monoisotopic (exact) mass is 356 g/mol. The summed E-state index contributed by atoms with van der Waals surface area (Å²) in [5.74, 6) is 0.581. The van der Waals surface area contributed by atoms with E-state index >= 15 is 0 Å². The molecular formula is C19H17ClN2O3. The van der Waals surface area contributed by atoms with Crippen molar-refractivity contribution in [2.24, 2.45) is 0 Å². The van der Waals surface area contributed by atoms with E-state index < -0.39 is 6.29 Å². The van der Waals surface area contributed by atoms with Crippen LogP contribution in [0.4, 0.5) is 0 Å². The number of rotatable bonds is 6. The number of aromatic nitrogens is 1. The van der Waals surface area contributed by atoms with Crippen molar-refractivity contribution in [1.82, 2.24) is 4.98 Å². The van der Waals surface area contributed by atoms with Crippen molar-refractivity contribution in [3.8, 4) is 17.2 Å². The van der Waals surface area contributed by atoms with Crippen molar-refractivity contribution in [3.05, 3.63) is 53.0 Å². The van der Waals surface area contributed by atoms with Crippen molar-refractivity contribution < 1.29 is 13.9 Å². The Morgan fingerprint density at radius 1 is 1.16 bits per heavy atom. The van der Waals surface area contributed by atoms with E-state index in [4.69, 9.17) is 30.8 Å². The topological polar surface area (TPSA) is 68.3 Å². The lowest BCUT2D eigenvalue weighted by molar-refractivity contribution is -0.150. The van der Waals surface area contributed by atoms with Crippen molar-refractivity contribution in [1.29, 1.82) is 5.26 Å². The highest BCUT2D eigenvalue weighted by molar-refractivity contribution is 6.33. The van der Waals surface area contributed by atoms with Crippen molar-refractivity contribution in [2.45, 2.75) is 20.1 Å². The van der Waals surface area contributed by atoms with Crippen LogP contribution in [0.3, 0.4) is 0 Å². The number of ether oxygens (including phenoxy) is 2. The number of hydrogen-bond acceptors (Lipinski definition) is 5. The van der Waals surface area contributed by atoms with Gasteiger partial charge in [-0.1, -0.05) is 17.7 Å². The highest BCUT2D eigenvalue weighted by Gasteiger charge is 2.19. The molecule has 0 N–H and O–H groups in total. The predicted octanol–water partition coefficient (Wildman–Crippen LogP) is 5.09. The van der Waals surface area contributed by atoms with Gasteiger partial charge in [-0.25, -0.2) is 0 Å². The molecule has 2 aromatic heterocycles. The van der Waals surface area contributed by atoms with Gasteiger partial charge in [0.05, 0.1) is 11.6 Å². The first-order chi connectivity index (χ1) is 12.2. The van der Waals surface area contributed by atoms with Gasteiger partial charge < -0.3 is 13.9 Å². The highest BCUT2D eigenvalue weighted by atomic mass is 35.5. The number of halogens is 1. The number of nitriles is 1. The van der Waals surface area contributed by atoms with Crippen LogP contribution in [-0.4, -0.2) is 18.2 Å². The molecule has 6 heteroatoms. The lowest BCUT2D eigenvalue weighted by atomic mass is 10.0. The second-order valence-electron chi connectivity index (χ2n) is 5.30. The summed E-state index contributed by atoms with van der Waals surface area (Å²) >= 11 is 6.34. The fourth-order valence-corrected chi connectivity index (χ4v) is 2.89. The standard InChI is InChI=1S/C19H17ClN2O3/c1-3-23-19(24-4-2)17-8-13-10-22-11-15(18(13)25-17)14-6-5-12(9-21)7-16(14)20/h5-8,10-11,19H,3-4H2,1-2H3. The minimum absolute atomic E-state index is 0.470. The lowest BCUT2D eigenvalue weighted by Gasteiger charge is -2.13. The van der Waals surface area contributed by atoms with Gasteiger partial charge in [0, 0.05) is 47.1 Å². The molecule has 0 saturated carbocycles. The van der Waals surface area contributed by atoms with Crippen LogP contribution >= 0.6 is 11.6 Å². The molecule has 0 bridgehead atoms. The smallest absolute Gasteiger partial charge is 0.217 e. The Morgan fingerprint density at radius 3 is 2.56 bits per heavy atom. The summed E-state index contributed by atoms with van der Waals surface area (Å²) < 4.78 is 17.2. The molecule has 1 aromatic carbocycles. The Morgan fingerprint density at radius 2 is 1.92 bits per heavy atom. The summed E-state index contributed by atoms with van der Waals surface area (Å²) in [6.07, 6.45) is 2.85. The molecule has 0 aliphatic heterocycles. The van der Waals surface area contributed by atoms with Gasteiger partial charge in [0.15, 0.2) is 5.76 Å². The molecule has 25 heavy (non-hydrogen) atoms. The number of benzene rings is 1. The van der Waals surface area contributed by atoms with Gasteiger partial charge in [-0.3, -0.25) is 4.98 Å². The molecule has 5 nitrogen and oxygen atoms in total. The average molecular weight is 357 g/mol. The predicted molar refractivity (Wildman–Crippen MR) is 95.2 cm³/mol. The maximum absolute atomic E-state index is 8.99. The van der Waals surface area contributed by atoms with Crippen LogP contribution in [-0.2, 0) is 9.47 Å². The van der Waals surface area contributed by atoms with Gasteiger partial charge in [0.2, 0.25) is 6.29 Å². The molecule has 0 unspecified atom stereocenters. The van der Waals surface area contributed by atoms with E-state index in [1.54, 1.807) is 30.6 Å². The molecule has 128 valence electrons. The van der Waals surface area contributed by atoms with Gasteiger partial charge >= 0.3 is 0 Å². The Bertz CT molecular complexity index is 924. The number of hydrogen-bond donors (Lipinski definition) is 0. The first kappa shape index (κ1) is 17.4. The summed E-state index contributed by atoms with van der Waals surface area (Å²) in [5.41, 5.74) is 2.66. The normalized spacial score (nSPS) is 11.2. The maximum Gasteiger partial charge on any atom is 0.217 e. The molecule has 3 rings (SSSR count). The SMILES string of the molecule is CCOC(OCC)c1cc2cncc(-c3ccc(C#N)cc3Cl)c2o1. The first-order valence-electron chi connectivity index (χ1n) is 7.98. The van der Waals surface area contributed by atoms with Gasteiger partial charge in [0.1, 0.15) is 5.58 Å². The Balaban J connectivity index is 2.10. The lowest BCUT2D eigenvalue weighted by Crippen LogP contribution is -2.07. The van der Waals surface area contributed by atoms with Crippen LogP contribution in [0.5, 0.6) is 0 Å². The summed E-state index contributed by atoms with van der Waals surface area (Å²) in [4.78, 5) is 4.27. The van der Waals surface area contributed by atoms with Crippen LogP contribution in [0.15, 0.2) is 41.1 Å². The van der Waals surface area contributed by atoms with E-state index in [9.17, 15) is 0 Å². The first-order valence-corrected chi connectivity index (χ1v) is 8.36. The van der Waals surface area contributed by atoms with E-state index in [1.165, 1.54) is 0 Å². The summed E-state index contributed by atoms with van der Waals surface area (Å²) in [5, 5.41) is 10.3. The third-order valence-corrected chi connectivity index (χ3v) is 4.01. The number of pyridine rings is 1. The van der Waals surface area contributed by atoms with E-state index in [1.807, 2.05) is 19.9 Å². The number of fused-ring (bicyclic) bond motifs is 1. The third-order valence-electron chi connectivity index (χ3n) is 3.70. The summed E-state index contributed by atoms with van der Waals surface area (Å²) in [7, 11) is 0. The third kappa shape index (κ3) is 3.52. The van der Waals surface area contributed by atoms with Crippen molar-refractivity contribution in [2.75, 3.05) is 13.2 Å². The Labute approximate surface area is 150 Å². The fourth-order valence-electron chi connectivity index (χ4n) is 2.61. The second kappa shape index (κ2) is 7.66. The maximum atomic E-state index is 8.99. The van der Waals surface area contributed by atoms with Crippen molar-refractivity contribution in [3.63, 3.8) is 0 Å². The molecular weight excluding hydrogens is 340 g/mol. The molecule has 0 radical (unpaired) electrons. The molecule has 0 saturated heterocycles. The van der Waals surface area contributed by atoms with E-state index in [0.29, 0.717) is 35.1 Å². The van der Waals surface area contributed by atoms with Crippen molar-refractivity contribution >= 4 is 22.6 Å². The minimum Gasteiger partial charge on any atom is -0.455 e. The van der Waals surface area contributed by atoms with Crippen LogP contribution < -0.4 is 0 Å². The van der Waals surface area contributed by atoms with E-state index in [-0.39, 0.29) is 0 Å². The fraction of sp³-hybridized carbons (Fsp3) is 0.263. The molecule has 0 fully saturated rings. The van der Waals surface area contributed by atoms with E-state index in [2.05, 4.69) is 11.1 Å². The second-order valence-corrected chi connectivity index (χ2v) is 5.71. The van der Waals surface area contributed by atoms with Gasteiger partial charge in [-0.2, -0.15) is 5.26 Å². The molecule has 2 heterocycles. The largest absolute Gasteiger partial charge is 0.455 e. The Hall–Kier alpha value is -2.39. The van der Waals surface area contributed by atoms with Crippen LogP contribution in [0.2, 0.25) is 5.02 Å². The number of furan rings is 1. The molecule has 0 spiro atoms. The van der Waals surface area contributed by atoms with E-state index in [0.717, 1.165) is 16.5 Å². The molecule has 3 aromatic rings. The van der Waals surface area contributed by atoms with Gasteiger partial charge in [-0.15, -0.1) is 0 Å². The van der Waals surface area contributed by atoms with Crippen LogP contribution in [0.1, 0.15) is 31.5 Å². The molecule has 0 aliphatic carbocycles. The summed E-state index contributed by atoms with van der Waals surface area (Å²) in [6.45, 7) is 4.82. The van der Waals surface area contributed by atoms with Crippen LogP contribution in [0, 0.1) is 11.3 Å².